The van der Waals surface area contributed by atoms with Crippen LogP contribution in [0.15, 0.2) is 22.7 Å². The van der Waals surface area contributed by atoms with Crippen molar-refractivity contribution >= 4 is 31.6 Å². The quantitative estimate of drug-likeness (QED) is 0.872. The van der Waals surface area contributed by atoms with E-state index in [2.05, 4.69) is 20.7 Å². The van der Waals surface area contributed by atoms with Gasteiger partial charge in [-0.3, -0.25) is 4.72 Å². The van der Waals surface area contributed by atoms with Gasteiger partial charge in [0, 0.05) is 4.47 Å². The maximum atomic E-state index is 11.6. The van der Waals surface area contributed by atoms with Crippen molar-refractivity contribution in [2.24, 2.45) is 5.73 Å². The van der Waals surface area contributed by atoms with Gasteiger partial charge in [-0.25, -0.2) is 8.42 Å². The summed E-state index contributed by atoms with van der Waals surface area (Å²) in [6.45, 7) is 2.28. The first-order valence-corrected chi connectivity index (χ1v) is 7.36. The number of anilines is 1. The smallest absolute Gasteiger partial charge is 0.232 e. The molecule has 1 aromatic rings. The van der Waals surface area contributed by atoms with Crippen LogP contribution in [0.2, 0.25) is 0 Å². The monoisotopic (exact) mass is 306 g/mol. The second-order valence-corrected chi connectivity index (χ2v) is 6.24. The summed E-state index contributed by atoms with van der Waals surface area (Å²) in [4.78, 5) is 0. The lowest BCUT2D eigenvalue weighted by atomic mass is 10.2. The Hall–Kier alpha value is -0.590. The van der Waals surface area contributed by atoms with E-state index in [0.717, 1.165) is 10.0 Å². The highest BCUT2D eigenvalue weighted by molar-refractivity contribution is 9.10. The third-order valence-electron chi connectivity index (χ3n) is 2.00. The highest BCUT2D eigenvalue weighted by Crippen LogP contribution is 2.24. The minimum absolute atomic E-state index is 0.0455. The average Bonchev–Trinajstić information content (AvgIpc) is 2.20. The number of hydrogen-bond donors (Lipinski definition) is 2. The first-order valence-electron chi connectivity index (χ1n) is 4.91. The lowest BCUT2D eigenvalue weighted by molar-refractivity contribution is 0.598. The third kappa shape index (κ3) is 4.11. The van der Waals surface area contributed by atoms with Gasteiger partial charge in [0.25, 0.3) is 0 Å². The Morgan fingerprint density at radius 2 is 2.12 bits per heavy atom. The second-order valence-electron chi connectivity index (χ2n) is 3.55. The van der Waals surface area contributed by atoms with Crippen LogP contribution in [0.5, 0.6) is 0 Å². The molecule has 0 spiro atoms. The normalized spacial score (nSPS) is 11.4. The molecule has 0 saturated heterocycles. The van der Waals surface area contributed by atoms with Crippen LogP contribution in [0.1, 0.15) is 12.0 Å². The molecule has 0 aliphatic heterocycles. The molecule has 1 aromatic carbocycles. The number of nitrogens with two attached hydrogens (primary N) is 1. The van der Waals surface area contributed by atoms with E-state index in [9.17, 15) is 8.42 Å². The van der Waals surface area contributed by atoms with E-state index >= 15 is 0 Å². The Labute approximate surface area is 104 Å². The van der Waals surface area contributed by atoms with Crippen molar-refractivity contribution in [1.29, 1.82) is 0 Å². The van der Waals surface area contributed by atoms with Gasteiger partial charge in [-0.2, -0.15) is 0 Å². The van der Waals surface area contributed by atoms with E-state index in [1.165, 1.54) is 0 Å². The number of benzene rings is 1. The second kappa shape index (κ2) is 5.65. The van der Waals surface area contributed by atoms with Crippen molar-refractivity contribution in [1.82, 2.24) is 0 Å². The number of hydrogen-bond acceptors (Lipinski definition) is 3. The van der Waals surface area contributed by atoms with Crippen molar-refractivity contribution in [3.8, 4) is 0 Å². The predicted octanol–water partition coefficient (Wildman–Crippen LogP) is 1.85. The largest absolute Gasteiger partial charge is 0.330 e. The molecule has 6 heteroatoms. The molecule has 0 fully saturated rings. The fourth-order valence-corrected chi connectivity index (χ4v) is 2.84. The minimum Gasteiger partial charge on any atom is -0.330 e. The molecule has 1 rings (SSSR count). The summed E-state index contributed by atoms with van der Waals surface area (Å²) in [5.41, 5.74) is 6.85. The summed E-state index contributed by atoms with van der Waals surface area (Å²) in [5, 5.41) is 0. The minimum atomic E-state index is -3.30. The van der Waals surface area contributed by atoms with Gasteiger partial charge in [-0.05, 0) is 53.5 Å². The third-order valence-corrected chi connectivity index (χ3v) is 4.05. The van der Waals surface area contributed by atoms with Crippen LogP contribution in [0.4, 0.5) is 5.69 Å². The zero-order valence-electron chi connectivity index (χ0n) is 9.03. The van der Waals surface area contributed by atoms with Crippen molar-refractivity contribution in [3.63, 3.8) is 0 Å². The standard InChI is InChI=1S/C10H15BrN2O2S/c1-8-3-4-9(11)10(7-8)13-16(14,15)6-2-5-12/h3-4,7,13H,2,5-6,12H2,1H3. The van der Waals surface area contributed by atoms with E-state index in [4.69, 9.17) is 5.73 Å². The molecule has 0 aliphatic carbocycles. The molecule has 0 aromatic heterocycles. The van der Waals surface area contributed by atoms with E-state index < -0.39 is 10.0 Å². The number of sulfonamides is 1. The van der Waals surface area contributed by atoms with Crippen LogP contribution in [0.3, 0.4) is 0 Å². The Morgan fingerprint density at radius 3 is 2.75 bits per heavy atom. The predicted molar refractivity (Wildman–Crippen MR) is 70.0 cm³/mol. The van der Waals surface area contributed by atoms with Crippen molar-refractivity contribution in [2.45, 2.75) is 13.3 Å². The van der Waals surface area contributed by atoms with Crippen molar-refractivity contribution < 1.29 is 8.42 Å². The van der Waals surface area contributed by atoms with Crippen LogP contribution >= 0.6 is 15.9 Å². The fourth-order valence-electron chi connectivity index (χ4n) is 1.21. The fraction of sp³-hybridized carbons (Fsp3) is 0.400. The number of rotatable bonds is 5. The topological polar surface area (TPSA) is 72.2 Å². The summed E-state index contributed by atoms with van der Waals surface area (Å²) in [5.74, 6) is 0.0455. The van der Waals surface area contributed by atoms with Crippen molar-refractivity contribution in [3.05, 3.63) is 28.2 Å². The summed E-state index contributed by atoms with van der Waals surface area (Å²) in [7, 11) is -3.30. The summed E-state index contributed by atoms with van der Waals surface area (Å²) in [6.07, 6.45) is 0.457. The molecule has 0 aliphatic rings. The van der Waals surface area contributed by atoms with Gasteiger partial charge < -0.3 is 5.73 Å². The highest BCUT2D eigenvalue weighted by atomic mass is 79.9. The van der Waals surface area contributed by atoms with E-state index in [0.29, 0.717) is 18.7 Å². The first kappa shape index (κ1) is 13.5. The molecule has 0 radical (unpaired) electrons. The van der Waals surface area contributed by atoms with E-state index in [1.54, 1.807) is 6.07 Å². The molecule has 4 nitrogen and oxygen atoms in total. The average molecular weight is 307 g/mol. The van der Waals surface area contributed by atoms with Gasteiger partial charge in [-0.1, -0.05) is 6.07 Å². The Morgan fingerprint density at radius 1 is 1.44 bits per heavy atom. The van der Waals surface area contributed by atoms with Gasteiger partial charge in [0.2, 0.25) is 10.0 Å². The molecule has 3 N–H and O–H groups in total. The molecule has 0 amide bonds. The Kier molecular flexibility index (Phi) is 4.76. The molecule has 0 heterocycles. The summed E-state index contributed by atoms with van der Waals surface area (Å²) in [6, 6.07) is 5.50. The Bertz CT molecular complexity index is 460. The van der Waals surface area contributed by atoms with Crippen LogP contribution < -0.4 is 10.5 Å². The molecule has 0 bridgehead atoms. The lowest BCUT2D eigenvalue weighted by Gasteiger charge is -2.09. The highest BCUT2D eigenvalue weighted by Gasteiger charge is 2.11. The maximum absolute atomic E-state index is 11.6. The van der Waals surface area contributed by atoms with E-state index in [-0.39, 0.29) is 5.75 Å². The molecule has 0 atom stereocenters. The summed E-state index contributed by atoms with van der Waals surface area (Å²) < 4.78 is 26.5. The molecule has 16 heavy (non-hydrogen) atoms. The molecule has 0 saturated carbocycles. The van der Waals surface area contributed by atoms with Gasteiger partial charge in [-0.15, -0.1) is 0 Å². The van der Waals surface area contributed by atoms with Gasteiger partial charge in [0.1, 0.15) is 0 Å². The molecule has 90 valence electrons. The van der Waals surface area contributed by atoms with Crippen molar-refractivity contribution in [2.75, 3.05) is 17.0 Å². The van der Waals surface area contributed by atoms with Crippen LogP contribution in [0.25, 0.3) is 0 Å². The molecular weight excluding hydrogens is 292 g/mol. The zero-order valence-corrected chi connectivity index (χ0v) is 11.4. The number of aryl methyl sites for hydroxylation is 1. The molecule has 0 unspecified atom stereocenters. The first-order chi connectivity index (χ1) is 7.44. The van der Waals surface area contributed by atoms with Crippen LogP contribution in [-0.4, -0.2) is 20.7 Å². The maximum Gasteiger partial charge on any atom is 0.232 e. The SMILES string of the molecule is Cc1ccc(Br)c(NS(=O)(=O)CCCN)c1. The van der Waals surface area contributed by atoms with Crippen LogP contribution in [-0.2, 0) is 10.0 Å². The van der Waals surface area contributed by atoms with Gasteiger partial charge in [0.15, 0.2) is 0 Å². The van der Waals surface area contributed by atoms with Gasteiger partial charge in [0.05, 0.1) is 11.4 Å². The van der Waals surface area contributed by atoms with E-state index in [1.807, 2.05) is 19.1 Å². The lowest BCUT2D eigenvalue weighted by Crippen LogP contribution is -2.19. The molecular formula is C10H15BrN2O2S. The zero-order chi connectivity index (χ0) is 12.2. The number of nitrogens with one attached hydrogen (secondary N) is 1. The summed E-state index contributed by atoms with van der Waals surface area (Å²) >= 11 is 3.30. The Balaban J connectivity index is 2.83. The van der Waals surface area contributed by atoms with Crippen LogP contribution in [0, 0.1) is 6.92 Å². The van der Waals surface area contributed by atoms with Gasteiger partial charge >= 0.3 is 0 Å². The number of halogens is 1.